The van der Waals surface area contributed by atoms with Gasteiger partial charge in [0, 0.05) is 13.1 Å². The predicted molar refractivity (Wildman–Crippen MR) is 111 cm³/mol. The van der Waals surface area contributed by atoms with E-state index >= 15 is 0 Å². The van der Waals surface area contributed by atoms with Crippen LogP contribution in [0.25, 0.3) is 0 Å². The molecule has 1 aromatic carbocycles. The second-order valence-electron chi connectivity index (χ2n) is 7.35. The van der Waals surface area contributed by atoms with Crippen molar-refractivity contribution in [2.75, 3.05) is 39.3 Å². The Balaban J connectivity index is 1.81. The van der Waals surface area contributed by atoms with Gasteiger partial charge in [-0.1, -0.05) is 19.1 Å². The number of rotatable bonds is 10. The summed E-state index contributed by atoms with van der Waals surface area (Å²) < 4.78 is 28.8. The quantitative estimate of drug-likeness (QED) is 0.407. The smallest absolute Gasteiger partial charge is 0.387 e. The van der Waals surface area contributed by atoms with Crippen LogP contribution in [0.3, 0.4) is 0 Å². The summed E-state index contributed by atoms with van der Waals surface area (Å²) in [6.07, 6.45) is 2.75. The molecular weight excluding hydrogens is 378 g/mol. The van der Waals surface area contributed by atoms with Crippen molar-refractivity contribution in [2.45, 2.75) is 45.8 Å². The first-order valence-electron chi connectivity index (χ1n) is 10.5. The summed E-state index contributed by atoms with van der Waals surface area (Å²) in [7, 11) is 0. The zero-order chi connectivity index (χ0) is 21.1. The number of guanidine groups is 1. The van der Waals surface area contributed by atoms with E-state index in [4.69, 9.17) is 0 Å². The van der Waals surface area contributed by atoms with Crippen LogP contribution in [0.15, 0.2) is 29.3 Å². The number of ether oxygens (including phenoxy) is 1. The summed E-state index contributed by atoms with van der Waals surface area (Å²) in [5.41, 5.74) is 0.606. The zero-order valence-corrected chi connectivity index (χ0v) is 17.4. The number of nitrogens with one attached hydrogen (secondary N) is 2. The van der Waals surface area contributed by atoms with Crippen molar-refractivity contribution in [3.05, 3.63) is 29.8 Å². The highest BCUT2D eigenvalue weighted by Crippen LogP contribution is 2.20. The number of nitrogens with zero attached hydrogens (tertiary/aromatic N) is 2. The minimum absolute atomic E-state index is 0.0689. The molecule has 1 aromatic rings. The second kappa shape index (κ2) is 12.6. The molecule has 1 heterocycles. The number of benzene rings is 1. The van der Waals surface area contributed by atoms with Gasteiger partial charge in [-0.2, -0.15) is 8.78 Å². The first kappa shape index (κ1) is 23.3. The van der Waals surface area contributed by atoms with Crippen LogP contribution in [-0.2, 0) is 0 Å². The molecule has 8 heteroatoms. The van der Waals surface area contributed by atoms with Gasteiger partial charge in [0.05, 0.1) is 12.6 Å². The maximum absolute atomic E-state index is 12.2. The summed E-state index contributed by atoms with van der Waals surface area (Å²) in [5.74, 6) is 1.37. The van der Waals surface area contributed by atoms with Gasteiger partial charge in [0.25, 0.3) is 0 Å². The third kappa shape index (κ3) is 8.53. The van der Waals surface area contributed by atoms with E-state index in [1.807, 2.05) is 6.92 Å². The average molecular weight is 413 g/mol. The molecule has 1 aliphatic rings. The Morgan fingerprint density at radius 1 is 1.21 bits per heavy atom. The number of hydrogen-bond acceptors (Lipinski definition) is 4. The van der Waals surface area contributed by atoms with Gasteiger partial charge in [0.2, 0.25) is 0 Å². The molecule has 1 aliphatic heterocycles. The highest BCUT2D eigenvalue weighted by atomic mass is 19.3. The number of aliphatic imine (C=N–C) groups is 1. The van der Waals surface area contributed by atoms with Gasteiger partial charge in [0.15, 0.2) is 5.96 Å². The van der Waals surface area contributed by atoms with E-state index < -0.39 is 12.7 Å². The number of alkyl halides is 2. The molecule has 0 aromatic heterocycles. The van der Waals surface area contributed by atoms with Gasteiger partial charge in [0.1, 0.15) is 5.75 Å². The lowest BCUT2D eigenvalue weighted by atomic mass is 9.97. The molecular formula is C21H34F2N4O2. The summed E-state index contributed by atoms with van der Waals surface area (Å²) in [6.45, 7) is 6.61. The molecule has 0 amide bonds. The van der Waals surface area contributed by atoms with Gasteiger partial charge in [-0.25, -0.2) is 0 Å². The molecule has 0 spiro atoms. The molecule has 29 heavy (non-hydrogen) atoms. The van der Waals surface area contributed by atoms with Crippen molar-refractivity contribution < 1.29 is 18.6 Å². The standard InChI is InChI=1S/C21H34F2N4O2/c1-3-11-27-12-9-16(10-13-27)14-25-21(24-4-2)26-15-19(28)17-5-7-18(8-6-17)29-20(22)23/h5-8,16,19-20,28H,3-4,9-15H2,1-2H3,(H2,24,25,26). The molecule has 2 rings (SSSR count). The molecule has 3 N–H and O–H groups in total. The highest BCUT2D eigenvalue weighted by molar-refractivity contribution is 5.79. The number of aliphatic hydroxyl groups is 1. The van der Waals surface area contributed by atoms with Crippen LogP contribution in [0.5, 0.6) is 5.75 Å². The lowest BCUT2D eigenvalue weighted by Gasteiger charge is -2.32. The van der Waals surface area contributed by atoms with Crippen molar-refractivity contribution >= 4 is 5.96 Å². The van der Waals surface area contributed by atoms with Gasteiger partial charge in [-0.15, -0.1) is 0 Å². The fourth-order valence-corrected chi connectivity index (χ4v) is 3.47. The largest absolute Gasteiger partial charge is 0.435 e. The first-order valence-corrected chi connectivity index (χ1v) is 10.5. The van der Waals surface area contributed by atoms with E-state index in [1.54, 1.807) is 12.1 Å². The predicted octanol–water partition coefficient (Wildman–Crippen LogP) is 3.00. The van der Waals surface area contributed by atoms with Crippen LogP contribution in [0.2, 0.25) is 0 Å². The van der Waals surface area contributed by atoms with E-state index in [0.29, 0.717) is 17.4 Å². The molecule has 1 atom stereocenters. The normalized spacial score (nSPS) is 17.4. The molecule has 0 saturated carbocycles. The van der Waals surface area contributed by atoms with Crippen molar-refractivity contribution in [1.29, 1.82) is 0 Å². The van der Waals surface area contributed by atoms with Crippen molar-refractivity contribution in [1.82, 2.24) is 15.5 Å². The van der Waals surface area contributed by atoms with Crippen LogP contribution >= 0.6 is 0 Å². The third-order valence-corrected chi connectivity index (χ3v) is 5.06. The van der Waals surface area contributed by atoms with Crippen molar-refractivity contribution in [3.63, 3.8) is 0 Å². The summed E-state index contributed by atoms with van der Waals surface area (Å²) >= 11 is 0. The topological polar surface area (TPSA) is 69.1 Å². The van der Waals surface area contributed by atoms with Crippen LogP contribution < -0.4 is 15.4 Å². The lowest BCUT2D eigenvalue weighted by molar-refractivity contribution is -0.0498. The molecule has 0 aliphatic carbocycles. The number of piperidine rings is 1. The Bertz CT molecular complexity index is 605. The first-order chi connectivity index (χ1) is 14.0. The Hall–Kier alpha value is -1.93. The molecule has 0 bridgehead atoms. The molecule has 0 radical (unpaired) electrons. The Labute approximate surface area is 172 Å². The van der Waals surface area contributed by atoms with Crippen LogP contribution in [0, 0.1) is 5.92 Å². The summed E-state index contributed by atoms with van der Waals surface area (Å²) in [6, 6.07) is 5.98. The van der Waals surface area contributed by atoms with Crippen molar-refractivity contribution in [3.8, 4) is 5.75 Å². The Kier molecular flexibility index (Phi) is 10.1. The zero-order valence-electron chi connectivity index (χ0n) is 17.4. The van der Waals surface area contributed by atoms with Gasteiger partial charge >= 0.3 is 6.61 Å². The van der Waals surface area contributed by atoms with Crippen LogP contribution in [0.4, 0.5) is 8.78 Å². The minimum Gasteiger partial charge on any atom is -0.435 e. The van der Waals surface area contributed by atoms with E-state index in [9.17, 15) is 13.9 Å². The van der Waals surface area contributed by atoms with E-state index in [-0.39, 0.29) is 12.3 Å². The van der Waals surface area contributed by atoms with Gasteiger partial charge in [-0.05, 0) is 69.4 Å². The molecule has 1 fully saturated rings. The van der Waals surface area contributed by atoms with E-state index in [1.165, 1.54) is 37.9 Å². The Morgan fingerprint density at radius 3 is 2.48 bits per heavy atom. The average Bonchev–Trinajstić information content (AvgIpc) is 2.71. The maximum atomic E-state index is 12.2. The third-order valence-electron chi connectivity index (χ3n) is 5.06. The van der Waals surface area contributed by atoms with Gasteiger partial charge < -0.3 is 25.4 Å². The number of halogens is 2. The monoisotopic (exact) mass is 412 g/mol. The minimum atomic E-state index is -2.86. The summed E-state index contributed by atoms with van der Waals surface area (Å²) in [4.78, 5) is 6.99. The fraction of sp³-hybridized carbons (Fsp3) is 0.667. The van der Waals surface area contributed by atoms with E-state index in [0.717, 1.165) is 26.2 Å². The number of hydrogen-bond donors (Lipinski definition) is 3. The van der Waals surface area contributed by atoms with E-state index in [2.05, 4.69) is 32.2 Å². The molecule has 1 unspecified atom stereocenters. The molecule has 1 saturated heterocycles. The molecule has 6 nitrogen and oxygen atoms in total. The number of likely N-dealkylation sites (tertiary alicyclic amines) is 1. The number of aliphatic hydroxyl groups excluding tert-OH is 1. The fourth-order valence-electron chi connectivity index (χ4n) is 3.47. The highest BCUT2D eigenvalue weighted by Gasteiger charge is 2.18. The van der Waals surface area contributed by atoms with Crippen LogP contribution in [0.1, 0.15) is 44.8 Å². The van der Waals surface area contributed by atoms with Crippen LogP contribution in [-0.4, -0.2) is 61.8 Å². The molecule has 164 valence electrons. The van der Waals surface area contributed by atoms with Crippen molar-refractivity contribution in [2.24, 2.45) is 10.9 Å². The SMILES string of the molecule is CCCN1CCC(CNC(=NCC(O)c2ccc(OC(F)F)cc2)NCC)CC1. The van der Waals surface area contributed by atoms with Gasteiger partial charge in [-0.3, -0.25) is 4.99 Å². The second-order valence-corrected chi connectivity index (χ2v) is 7.35. The maximum Gasteiger partial charge on any atom is 0.387 e. The lowest BCUT2D eigenvalue weighted by Crippen LogP contribution is -2.43. The summed E-state index contributed by atoms with van der Waals surface area (Å²) in [5, 5.41) is 16.9. The Morgan fingerprint density at radius 2 is 1.90 bits per heavy atom.